The fourth-order valence-corrected chi connectivity index (χ4v) is 2.02. The molecule has 1 rings (SSSR count). The third-order valence-electron chi connectivity index (χ3n) is 3.15. The van der Waals surface area contributed by atoms with Gasteiger partial charge in [0.25, 0.3) is 0 Å². The number of rotatable bonds is 10. The van der Waals surface area contributed by atoms with Gasteiger partial charge in [0.2, 0.25) is 0 Å². The molecule has 0 spiro atoms. The van der Waals surface area contributed by atoms with Crippen molar-refractivity contribution in [1.29, 1.82) is 0 Å². The molecule has 0 aromatic heterocycles. The van der Waals surface area contributed by atoms with Gasteiger partial charge < -0.3 is 9.84 Å². The maximum Gasteiger partial charge on any atom is 0.124 e. The minimum atomic E-state index is 0.0488. The Morgan fingerprint density at radius 2 is 1.61 bits per heavy atom. The highest BCUT2D eigenvalue weighted by molar-refractivity contribution is 5.32. The molecular formula is C16H26O2. The molecule has 0 heterocycles. The van der Waals surface area contributed by atoms with Crippen molar-refractivity contribution in [3.63, 3.8) is 0 Å². The maximum atomic E-state index is 9.16. The van der Waals surface area contributed by atoms with Crippen LogP contribution in [0.3, 0.4) is 0 Å². The quantitative estimate of drug-likeness (QED) is 0.627. The normalized spacial score (nSPS) is 10.6. The standard InChI is InChI=1S/C16H26O2/c1-2-3-4-5-6-7-10-13-18-16-12-9-8-11-15(16)14-17/h8-9,11-12,17H,2-7,10,13-14H2,1H3. The molecule has 1 aromatic carbocycles. The fourth-order valence-electron chi connectivity index (χ4n) is 2.02. The Morgan fingerprint density at radius 3 is 2.33 bits per heavy atom. The van der Waals surface area contributed by atoms with Crippen LogP contribution in [-0.2, 0) is 6.61 Å². The summed E-state index contributed by atoms with van der Waals surface area (Å²) in [5.41, 5.74) is 0.875. The van der Waals surface area contributed by atoms with Crippen molar-refractivity contribution >= 4 is 0 Å². The van der Waals surface area contributed by atoms with Crippen molar-refractivity contribution in [2.24, 2.45) is 0 Å². The van der Waals surface area contributed by atoms with Gasteiger partial charge in [-0.15, -0.1) is 0 Å². The van der Waals surface area contributed by atoms with Crippen LogP contribution in [0, 0.1) is 0 Å². The zero-order chi connectivity index (χ0) is 13.1. The Morgan fingerprint density at radius 1 is 0.944 bits per heavy atom. The maximum absolute atomic E-state index is 9.16. The Kier molecular flexibility index (Phi) is 8.32. The van der Waals surface area contributed by atoms with E-state index in [1.165, 1.54) is 38.5 Å². The zero-order valence-electron chi connectivity index (χ0n) is 11.5. The van der Waals surface area contributed by atoms with E-state index in [9.17, 15) is 0 Å². The summed E-state index contributed by atoms with van der Waals surface area (Å²) in [7, 11) is 0. The summed E-state index contributed by atoms with van der Waals surface area (Å²) in [6.45, 7) is 3.05. The van der Waals surface area contributed by atoms with E-state index in [2.05, 4.69) is 6.92 Å². The Bertz CT molecular complexity index is 310. The van der Waals surface area contributed by atoms with Crippen LogP contribution < -0.4 is 4.74 Å². The topological polar surface area (TPSA) is 29.5 Å². The molecule has 0 amide bonds. The van der Waals surface area contributed by atoms with E-state index in [-0.39, 0.29) is 6.61 Å². The van der Waals surface area contributed by atoms with Gasteiger partial charge in [-0.3, -0.25) is 0 Å². The Balaban J connectivity index is 2.07. The van der Waals surface area contributed by atoms with Gasteiger partial charge in [-0.05, 0) is 12.5 Å². The molecule has 0 bridgehead atoms. The van der Waals surface area contributed by atoms with E-state index < -0.39 is 0 Å². The third-order valence-corrected chi connectivity index (χ3v) is 3.15. The lowest BCUT2D eigenvalue weighted by atomic mass is 10.1. The highest BCUT2D eigenvalue weighted by Crippen LogP contribution is 2.18. The summed E-state index contributed by atoms with van der Waals surface area (Å²) >= 11 is 0. The average Bonchev–Trinajstić information content (AvgIpc) is 2.42. The van der Waals surface area contributed by atoms with Gasteiger partial charge in [0, 0.05) is 5.56 Å². The Labute approximate surface area is 111 Å². The van der Waals surface area contributed by atoms with Gasteiger partial charge in [-0.1, -0.05) is 63.6 Å². The van der Waals surface area contributed by atoms with Crippen molar-refractivity contribution in [2.45, 2.75) is 58.5 Å². The second-order valence-corrected chi connectivity index (χ2v) is 4.74. The smallest absolute Gasteiger partial charge is 0.124 e. The zero-order valence-corrected chi connectivity index (χ0v) is 11.5. The number of aliphatic hydroxyl groups excluding tert-OH is 1. The van der Waals surface area contributed by atoms with Crippen LogP contribution in [0.25, 0.3) is 0 Å². The van der Waals surface area contributed by atoms with Crippen molar-refractivity contribution < 1.29 is 9.84 Å². The van der Waals surface area contributed by atoms with E-state index in [1.54, 1.807) is 0 Å². The number of hydrogen-bond acceptors (Lipinski definition) is 2. The van der Waals surface area contributed by atoms with Gasteiger partial charge >= 0.3 is 0 Å². The van der Waals surface area contributed by atoms with Crippen molar-refractivity contribution in [3.05, 3.63) is 29.8 Å². The first-order valence-corrected chi connectivity index (χ1v) is 7.20. The van der Waals surface area contributed by atoms with Crippen molar-refractivity contribution in [3.8, 4) is 5.75 Å². The second-order valence-electron chi connectivity index (χ2n) is 4.74. The van der Waals surface area contributed by atoms with Gasteiger partial charge in [0.1, 0.15) is 5.75 Å². The molecule has 102 valence electrons. The number of para-hydroxylation sites is 1. The molecule has 0 saturated carbocycles. The van der Waals surface area contributed by atoms with Crippen LogP contribution in [0.15, 0.2) is 24.3 Å². The number of hydrogen-bond donors (Lipinski definition) is 1. The van der Waals surface area contributed by atoms with Gasteiger partial charge in [-0.2, -0.15) is 0 Å². The molecular weight excluding hydrogens is 224 g/mol. The van der Waals surface area contributed by atoms with Crippen LogP contribution in [-0.4, -0.2) is 11.7 Å². The summed E-state index contributed by atoms with van der Waals surface area (Å²) in [5, 5.41) is 9.16. The molecule has 0 aliphatic heterocycles. The number of aliphatic hydroxyl groups is 1. The molecule has 0 fully saturated rings. The first-order chi connectivity index (χ1) is 8.88. The second kappa shape index (κ2) is 9.95. The molecule has 2 nitrogen and oxygen atoms in total. The predicted molar refractivity (Wildman–Crippen MR) is 75.9 cm³/mol. The van der Waals surface area contributed by atoms with Gasteiger partial charge in [0.05, 0.1) is 13.2 Å². The molecule has 1 aromatic rings. The van der Waals surface area contributed by atoms with E-state index in [0.717, 1.165) is 24.3 Å². The minimum Gasteiger partial charge on any atom is -0.493 e. The monoisotopic (exact) mass is 250 g/mol. The summed E-state index contributed by atoms with van der Waals surface area (Å²) < 4.78 is 5.70. The highest BCUT2D eigenvalue weighted by atomic mass is 16.5. The highest BCUT2D eigenvalue weighted by Gasteiger charge is 2.00. The number of benzene rings is 1. The average molecular weight is 250 g/mol. The molecule has 0 radical (unpaired) electrons. The SMILES string of the molecule is CCCCCCCCCOc1ccccc1CO. The summed E-state index contributed by atoms with van der Waals surface area (Å²) in [4.78, 5) is 0. The van der Waals surface area contributed by atoms with Gasteiger partial charge in [0.15, 0.2) is 0 Å². The summed E-state index contributed by atoms with van der Waals surface area (Å²) in [5.74, 6) is 0.825. The van der Waals surface area contributed by atoms with E-state index in [1.807, 2.05) is 24.3 Å². The van der Waals surface area contributed by atoms with E-state index in [4.69, 9.17) is 9.84 Å². The Hall–Kier alpha value is -1.02. The third kappa shape index (κ3) is 6.06. The lowest BCUT2D eigenvalue weighted by Crippen LogP contribution is -2.00. The summed E-state index contributed by atoms with van der Waals surface area (Å²) in [6, 6.07) is 7.69. The summed E-state index contributed by atoms with van der Waals surface area (Å²) in [6.07, 6.45) is 9.04. The molecule has 0 aliphatic rings. The molecule has 2 heteroatoms. The van der Waals surface area contributed by atoms with Crippen LogP contribution in [0.2, 0.25) is 0 Å². The first kappa shape index (κ1) is 15.0. The number of ether oxygens (including phenoxy) is 1. The number of unbranched alkanes of at least 4 members (excludes halogenated alkanes) is 6. The molecule has 1 N–H and O–H groups in total. The lowest BCUT2D eigenvalue weighted by Gasteiger charge is -2.09. The molecule has 0 aliphatic carbocycles. The molecule has 0 atom stereocenters. The van der Waals surface area contributed by atoms with Crippen LogP contribution >= 0.6 is 0 Å². The van der Waals surface area contributed by atoms with Crippen molar-refractivity contribution in [1.82, 2.24) is 0 Å². The van der Waals surface area contributed by atoms with E-state index in [0.29, 0.717) is 0 Å². The van der Waals surface area contributed by atoms with Crippen LogP contribution in [0.5, 0.6) is 5.75 Å². The van der Waals surface area contributed by atoms with E-state index >= 15 is 0 Å². The minimum absolute atomic E-state index is 0.0488. The fraction of sp³-hybridized carbons (Fsp3) is 0.625. The molecule has 0 unspecified atom stereocenters. The van der Waals surface area contributed by atoms with Crippen molar-refractivity contribution in [2.75, 3.05) is 6.61 Å². The predicted octanol–water partition coefficient (Wildman–Crippen LogP) is 4.31. The molecule has 18 heavy (non-hydrogen) atoms. The van der Waals surface area contributed by atoms with Crippen LogP contribution in [0.1, 0.15) is 57.4 Å². The van der Waals surface area contributed by atoms with Crippen LogP contribution in [0.4, 0.5) is 0 Å². The first-order valence-electron chi connectivity index (χ1n) is 7.20. The lowest BCUT2D eigenvalue weighted by molar-refractivity contribution is 0.260. The van der Waals surface area contributed by atoms with Gasteiger partial charge in [-0.25, -0.2) is 0 Å². The largest absolute Gasteiger partial charge is 0.493 e. The molecule has 0 saturated heterocycles.